The molecule has 0 saturated heterocycles. The van der Waals surface area contributed by atoms with E-state index in [0.717, 1.165) is 115 Å². The quantitative estimate of drug-likeness (QED) is 0.0169. The summed E-state index contributed by atoms with van der Waals surface area (Å²) in [6, 6.07) is 0. The van der Waals surface area contributed by atoms with Crippen LogP contribution in [0.25, 0.3) is 0 Å². The molecular formula is C77H146O17P2. The molecule has 0 amide bonds. The van der Waals surface area contributed by atoms with Crippen molar-refractivity contribution in [3.63, 3.8) is 0 Å². The first-order valence-electron chi connectivity index (χ1n) is 39.5. The van der Waals surface area contributed by atoms with E-state index in [4.69, 9.17) is 37.0 Å². The van der Waals surface area contributed by atoms with E-state index in [-0.39, 0.29) is 25.7 Å². The summed E-state index contributed by atoms with van der Waals surface area (Å²) in [7, 11) is -9.92. The van der Waals surface area contributed by atoms with Gasteiger partial charge in [-0.15, -0.1) is 0 Å². The summed E-state index contributed by atoms with van der Waals surface area (Å²) in [4.78, 5) is 72.9. The Bertz CT molecular complexity index is 1930. The molecule has 0 aromatic heterocycles. The van der Waals surface area contributed by atoms with Crippen LogP contribution in [0.3, 0.4) is 0 Å². The number of phosphoric acid groups is 2. The smallest absolute Gasteiger partial charge is 0.462 e. The second-order valence-corrected chi connectivity index (χ2v) is 30.4. The van der Waals surface area contributed by atoms with Gasteiger partial charge in [-0.3, -0.25) is 37.3 Å². The molecule has 17 nitrogen and oxygen atoms in total. The van der Waals surface area contributed by atoms with Crippen molar-refractivity contribution in [2.45, 2.75) is 400 Å². The van der Waals surface area contributed by atoms with E-state index in [1.54, 1.807) is 0 Å². The number of aliphatic hydroxyl groups excluding tert-OH is 1. The van der Waals surface area contributed by atoms with Crippen LogP contribution in [0.4, 0.5) is 0 Å². The van der Waals surface area contributed by atoms with Gasteiger partial charge in [-0.1, -0.05) is 329 Å². The third-order valence-electron chi connectivity index (χ3n) is 17.4. The van der Waals surface area contributed by atoms with Crippen molar-refractivity contribution >= 4 is 39.5 Å². The Labute approximate surface area is 586 Å². The number of phosphoric ester groups is 2. The second kappa shape index (κ2) is 69.6. The number of carbonyl (C=O) groups excluding carboxylic acids is 4. The number of esters is 4. The van der Waals surface area contributed by atoms with E-state index in [0.29, 0.717) is 25.7 Å². The van der Waals surface area contributed by atoms with Gasteiger partial charge in [-0.05, 0) is 57.3 Å². The van der Waals surface area contributed by atoms with Crippen molar-refractivity contribution in [3.05, 3.63) is 24.3 Å². The highest BCUT2D eigenvalue weighted by Crippen LogP contribution is 2.45. The number of ether oxygens (including phenoxy) is 4. The molecule has 0 aliphatic heterocycles. The molecule has 0 aliphatic carbocycles. The van der Waals surface area contributed by atoms with Crippen LogP contribution in [0.5, 0.6) is 0 Å². The summed E-state index contributed by atoms with van der Waals surface area (Å²) >= 11 is 0. The van der Waals surface area contributed by atoms with Gasteiger partial charge in [0.15, 0.2) is 12.2 Å². The standard InChI is InChI=1S/C77H146O17P2/c1-6-9-12-15-18-21-24-27-28-32-36-41-46-51-56-61-75(80)88-67-73(94-77(82)63-58-53-48-43-38-33-29-31-34-39-44-49-54-59-70(4)5)69-92-96(85,86)90-65-71(78)64-89-95(83,84)91-68-72(66-87-74(79)60-55-50-45-40-35-26-23-20-17-14-11-8-3)93-76(81)62-57-52-47-42-37-30-25-22-19-16-13-10-7-2/h21,24,27-28,70-73,78H,6-20,22-23,25-26,29-69H2,1-5H3,(H,83,84)(H,85,86)/b24-21-,28-27-/t71-,72+,73+/m0/s1. The fourth-order valence-corrected chi connectivity index (χ4v) is 12.9. The first-order chi connectivity index (χ1) is 46.5. The van der Waals surface area contributed by atoms with Crippen LogP contribution in [0.15, 0.2) is 24.3 Å². The molecule has 2 unspecified atom stereocenters. The van der Waals surface area contributed by atoms with Gasteiger partial charge in [0, 0.05) is 25.7 Å². The molecule has 0 aromatic carbocycles. The summed E-state index contributed by atoms with van der Waals surface area (Å²) in [5, 5.41) is 10.6. The van der Waals surface area contributed by atoms with E-state index >= 15 is 0 Å². The van der Waals surface area contributed by atoms with Crippen molar-refractivity contribution in [2.75, 3.05) is 39.6 Å². The molecule has 0 aromatic rings. The van der Waals surface area contributed by atoms with Gasteiger partial charge in [0.25, 0.3) is 0 Å². The van der Waals surface area contributed by atoms with Crippen LogP contribution in [-0.2, 0) is 65.4 Å². The summed E-state index contributed by atoms with van der Waals surface area (Å²) in [5.41, 5.74) is 0. The summed E-state index contributed by atoms with van der Waals surface area (Å²) < 4.78 is 68.5. The lowest BCUT2D eigenvalue weighted by atomic mass is 10.0. The molecular weight excluding hydrogens is 1260 g/mol. The van der Waals surface area contributed by atoms with Crippen LogP contribution in [-0.4, -0.2) is 96.7 Å². The van der Waals surface area contributed by atoms with Crippen molar-refractivity contribution in [2.24, 2.45) is 5.92 Å². The maximum atomic E-state index is 13.1. The largest absolute Gasteiger partial charge is 0.472 e. The van der Waals surface area contributed by atoms with Gasteiger partial charge in [-0.25, -0.2) is 9.13 Å². The minimum absolute atomic E-state index is 0.101. The lowest BCUT2D eigenvalue weighted by molar-refractivity contribution is -0.161. The van der Waals surface area contributed by atoms with Crippen LogP contribution in [0, 0.1) is 5.92 Å². The van der Waals surface area contributed by atoms with Gasteiger partial charge in [0.2, 0.25) is 0 Å². The Hall–Kier alpha value is -2.46. The Balaban J connectivity index is 5.30. The number of hydrogen-bond acceptors (Lipinski definition) is 15. The Kier molecular flexibility index (Phi) is 67.8. The van der Waals surface area contributed by atoms with E-state index in [9.17, 15) is 43.2 Å². The molecule has 0 spiro atoms. The first kappa shape index (κ1) is 93.5. The van der Waals surface area contributed by atoms with Crippen molar-refractivity contribution < 1.29 is 80.2 Å². The lowest BCUT2D eigenvalue weighted by Crippen LogP contribution is -2.30. The van der Waals surface area contributed by atoms with E-state index < -0.39 is 97.5 Å². The van der Waals surface area contributed by atoms with Gasteiger partial charge in [0.05, 0.1) is 26.4 Å². The molecule has 96 heavy (non-hydrogen) atoms. The number of allylic oxidation sites excluding steroid dienone is 4. The van der Waals surface area contributed by atoms with Gasteiger partial charge in [0.1, 0.15) is 19.3 Å². The first-order valence-corrected chi connectivity index (χ1v) is 42.4. The highest BCUT2D eigenvalue weighted by Gasteiger charge is 2.30. The van der Waals surface area contributed by atoms with Crippen LogP contribution < -0.4 is 0 Å². The number of rotatable bonds is 75. The predicted octanol–water partition coefficient (Wildman–Crippen LogP) is 22.4. The Morgan fingerprint density at radius 3 is 0.854 bits per heavy atom. The molecule has 3 N–H and O–H groups in total. The van der Waals surface area contributed by atoms with E-state index in [1.165, 1.54) is 186 Å². The number of unbranched alkanes of at least 4 members (excludes halogenated alkanes) is 44. The average molecular weight is 1410 g/mol. The van der Waals surface area contributed by atoms with Crippen LogP contribution in [0.2, 0.25) is 0 Å². The number of aliphatic hydroxyl groups is 1. The van der Waals surface area contributed by atoms with Crippen LogP contribution in [0.1, 0.15) is 381 Å². The monoisotopic (exact) mass is 1410 g/mol. The molecule has 19 heteroatoms. The van der Waals surface area contributed by atoms with Crippen molar-refractivity contribution in [1.82, 2.24) is 0 Å². The Morgan fingerprint density at radius 2 is 0.562 bits per heavy atom. The third-order valence-corrected chi connectivity index (χ3v) is 19.3. The fourth-order valence-electron chi connectivity index (χ4n) is 11.3. The molecule has 0 saturated carbocycles. The minimum Gasteiger partial charge on any atom is -0.462 e. The van der Waals surface area contributed by atoms with E-state index in [2.05, 4.69) is 58.9 Å². The molecule has 0 fully saturated rings. The van der Waals surface area contributed by atoms with Crippen LogP contribution >= 0.6 is 15.6 Å². The lowest BCUT2D eigenvalue weighted by Gasteiger charge is -2.21. The average Bonchev–Trinajstić information content (AvgIpc) is 1.16. The third kappa shape index (κ3) is 70.0. The van der Waals surface area contributed by atoms with Crippen molar-refractivity contribution in [3.8, 4) is 0 Å². The summed E-state index contributed by atoms with van der Waals surface area (Å²) in [5.74, 6) is -1.36. The molecule has 0 rings (SSSR count). The maximum absolute atomic E-state index is 13.1. The minimum atomic E-state index is -4.96. The topological polar surface area (TPSA) is 237 Å². The zero-order valence-electron chi connectivity index (χ0n) is 62.0. The summed E-state index contributed by atoms with van der Waals surface area (Å²) in [6.07, 6.45) is 61.6. The Morgan fingerprint density at radius 1 is 0.323 bits per heavy atom. The zero-order valence-corrected chi connectivity index (χ0v) is 63.8. The molecule has 0 bridgehead atoms. The SMILES string of the molecule is CCCCCC/C=C\C=C/CCCCCCCC(=O)OC[C@H](COP(=O)(O)OC[C@@H](O)COP(=O)(O)OC[C@@H](COC(=O)CCCCCCCCCCCCCC)OC(=O)CCCCCCCCCCCCCCC)OC(=O)CCCCCCCCCCCCCCCC(C)C. The summed E-state index contributed by atoms with van der Waals surface area (Å²) in [6.45, 7) is 7.25. The van der Waals surface area contributed by atoms with Crippen molar-refractivity contribution in [1.29, 1.82) is 0 Å². The predicted molar refractivity (Wildman–Crippen MR) is 391 cm³/mol. The zero-order chi connectivity index (χ0) is 70.5. The molecule has 0 aliphatic rings. The molecule has 566 valence electrons. The van der Waals surface area contributed by atoms with Gasteiger partial charge >= 0.3 is 39.5 Å². The van der Waals surface area contributed by atoms with Gasteiger partial charge < -0.3 is 33.8 Å². The van der Waals surface area contributed by atoms with Gasteiger partial charge in [-0.2, -0.15) is 0 Å². The molecule has 0 heterocycles. The molecule has 0 radical (unpaired) electrons. The highest BCUT2D eigenvalue weighted by molar-refractivity contribution is 7.47. The maximum Gasteiger partial charge on any atom is 0.472 e. The second-order valence-electron chi connectivity index (χ2n) is 27.5. The molecule has 5 atom stereocenters. The van der Waals surface area contributed by atoms with E-state index in [1.807, 2.05) is 0 Å². The normalized spacial score (nSPS) is 14.1. The highest BCUT2D eigenvalue weighted by atomic mass is 31.2. The number of hydrogen-bond donors (Lipinski definition) is 3. The number of carbonyl (C=O) groups is 4. The fraction of sp³-hybridized carbons (Fsp3) is 0.896.